The van der Waals surface area contributed by atoms with Crippen molar-refractivity contribution in [1.82, 2.24) is 4.98 Å². The van der Waals surface area contributed by atoms with E-state index in [0.717, 1.165) is 17.7 Å². The first-order chi connectivity index (χ1) is 7.67. The molecule has 0 fully saturated rings. The Morgan fingerprint density at radius 2 is 2.25 bits per heavy atom. The Hall–Kier alpha value is -1.93. The second kappa shape index (κ2) is 8.38. The number of esters is 1. The molecule has 0 spiro atoms. The molecule has 16 heavy (non-hydrogen) atoms. The third-order valence-corrected chi connectivity index (χ3v) is 1.82. The van der Waals surface area contributed by atoms with E-state index < -0.39 is 0 Å². The van der Waals surface area contributed by atoms with Gasteiger partial charge in [-0.3, -0.25) is 9.78 Å². The molecule has 1 rings (SSSR count). The number of hydrogen-bond donors (Lipinski definition) is 0. The third kappa shape index (κ3) is 5.73. The molecular weight excluding hydrogens is 206 g/mol. The third-order valence-electron chi connectivity index (χ3n) is 1.82. The highest BCUT2D eigenvalue weighted by Crippen LogP contribution is 2.03. The molecule has 0 saturated carbocycles. The first kappa shape index (κ1) is 14.1. The van der Waals surface area contributed by atoms with Gasteiger partial charge in [-0.15, -0.1) is 0 Å². The number of rotatable bonds is 3. The van der Waals surface area contributed by atoms with Crippen LogP contribution in [0, 0.1) is 0 Å². The Morgan fingerprint density at radius 1 is 1.62 bits per heavy atom. The number of nitrogens with zero attached hydrogens (tertiary/aromatic N) is 1. The maximum atomic E-state index is 10.9. The summed E-state index contributed by atoms with van der Waals surface area (Å²) in [6, 6.07) is 3.76. The van der Waals surface area contributed by atoms with Gasteiger partial charge < -0.3 is 4.74 Å². The number of ether oxygens (including phenoxy) is 1. The monoisotopic (exact) mass is 221 g/mol. The van der Waals surface area contributed by atoms with E-state index >= 15 is 0 Å². The predicted octanol–water partition coefficient (Wildman–Crippen LogP) is 1.36. The minimum Gasteiger partial charge on any atom is -0.469 e. The van der Waals surface area contributed by atoms with E-state index in [1.165, 1.54) is 13.1 Å². The summed E-state index contributed by atoms with van der Waals surface area (Å²) >= 11 is 0. The van der Waals surface area contributed by atoms with Crippen LogP contribution in [0.1, 0.15) is 18.2 Å². The van der Waals surface area contributed by atoms with Crippen molar-refractivity contribution in [3.63, 3.8) is 0 Å². The normalized spacial score (nSPS) is 8.38. The van der Waals surface area contributed by atoms with E-state index in [-0.39, 0.29) is 5.97 Å². The molecule has 1 heterocycles. The van der Waals surface area contributed by atoms with Crippen molar-refractivity contribution < 1.29 is 14.3 Å². The highest BCUT2D eigenvalue weighted by Gasteiger charge is 2.02. The second-order valence-corrected chi connectivity index (χ2v) is 2.91. The largest absolute Gasteiger partial charge is 0.469 e. The summed E-state index contributed by atoms with van der Waals surface area (Å²) < 4.78 is 4.57. The van der Waals surface area contributed by atoms with Crippen molar-refractivity contribution >= 4 is 11.9 Å². The lowest BCUT2D eigenvalue weighted by Gasteiger charge is -2.01. The number of hydrogen-bond acceptors (Lipinski definition) is 4. The van der Waals surface area contributed by atoms with Crippen LogP contribution in [-0.2, 0) is 27.2 Å². The summed E-state index contributed by atoms with van der Waals surface area (Å²) in [5.41, 5.74) is 1.96. The fourth-order valence-corrected chi connectivity index (χ4v) is 1.07. The van der Waals surface area contributed by atoms with E-state index in [2.05, 4.69) is 16.3 Å². The van der Waals surface area contributed by atoms with Crippen molar-refractivity contribution in [2.45, 2.75) is 19.8 Å². The molecule has 0 atom stereocenters. The van der Waals surface area contributed by atoms with Crippen LogP contribution in [-0.4, -0.2) is 24.0 Å². The van der Waals surface area contributed by atoms with Crippen LogP contribution >= 0.6 is 0 Å². The van der Waals surface area contributed by atoms with Crippen LogP contribution in [0.3, 0.4) is 0 Å². The summed E-state index contributed by atoms with van der Waals surface area (Å²) in [6.07, 6.45) is 2.93. The number of carbonyl (C=O) groups is 1. The Labute approximate surface area is 95.0 Å². The molecule has 0 bridgehead atoms. The topological polar surface area (TPSA) is 56.3 Å². The zero-order chi connectivity index (χ0) is 12.4. The van der Waals surface area contributed by atoms with Gasteiger partial charge in [-0.2, -0.15) is 0 Å². The van der Waals surface area contributed by atoms with Crippen LogP contribution in [0.25, 0.3) is 0 Å². The first-order valence-electron chi connectivity index (χ1n) is 4.82. The minimum atomic E-state index is -0.215. The van der Waals surface area contributed by atoms with Gasteiger partial charge in [0.15, 0.2) is 0 Å². The van der Waals surface area contributed by atoms with Crippen LogP contribution in [0.15, 0.2) is 24.9 Å². The molecule has 0 aromatic carbocycles. The number of carbonyl (C=O) groups excluding carboxylic acids is 2. The Bertz CT molecular complexity index is 368. The fraction of sp³-hybridized carbons (Fsp3) is 0.333. The zero-order valence-corrected chi connectivity index (χ0v) is 9.53. The number of aromatic nitrogens is 1. The van der Waals surface area contributed by atoms with E-state index in [4.69, 9.17) is 4.79 Å². The van der Waals surface area contributed by atoms with Crippen molar-refractivity contribution in [2.75, 3.05) is 7.11 Å². The summed E-state index contributed by atoms with van der Waals surface area (Å²) in [5.74, 6) is 1.04. The van der Waals surface area contributed by atoms with Crippen LogP contribution in [0.4, 0.5) is 0 Å². The standard InChI is InChI=1S/C10H13NO2.C2H2O/c1-3-9-6-8(4-5-11-9)7-10(12)13-2;1-2-3/h4-6H,3,7H2,1-2H3;1H2. The minimum absolute atomic E-state index is 0.215. The molecule has 0 aliphatic heterocycles. The molecule has 1 aromatic heterocycles. The van der Waals surface area contributed by atoms with E-state index in [0.29, 0.717) is 6.42 Å². The van der Waals surface area contributed by atoms with E-state index in [9.17, 15) is 4.79 Å². The van der Waals surface area contributed by atoms with Gasteiger partial charge >= 0.3 is 5.97 Å². The first-order valence-corrected chi connectivity index (χ1v) is 4.82. The van der Waals surface area contributed by atoms with Crippen LogP contribution < -0.4 is 0 Å². The predicted molar refractivity (Wildman–Crippen MR) is 60.7 cm³/mol. The molecule has 0 unspecified atom stereocenters. The Kier molecular flexibility index (Phi) is 7.37. The Balaban J connectivity index is 0.000000673. The zero-order valence-electron chi connectivity index (χ0n) is 9.53. The molecule has 0 N–H and O–H groups in total. The molecule has 1 aromatic rings. The lowest BCUT2D eigenvalue weighted by Crippen LogP contribution is -2.05. The Morgan fingerprint density at radius 3 is 2.75 bits per heavy atom. The van der Waals surface area contributed by atoms with Gasteiger partial charge in [0.2, 0.25) is 0 Å². The van der Waals surface area contributed by atoms with Crippen molar-refractivity contribution in [3.05, 3.63) is 36.2 Å². The molecule has 4 heteroatoms. The van der Waals surface area contributed by atoms with Crippen molar-refractivity contribution in [2.24, 2.45) is 0 Å². The number of pyridine rings is 1. The lowest BCUT2D eigenvalue weighted by molar-refractivity contribution is -0.139. The SMILES string of the molecule is C=C=O.CCc1cc(CC(=O)OC)ccn1. The van der Waals surface area contributed by atoms with Gasteiger partial charge in [0.1, 0.15) is 5.94 Å². The smallest absolute Gasteiger partial charge is 0.309 e. The lowest BCUT2D eigenvalue weighted by atomic mass is 10.1. The van der Waals surface area contributed by atoms with Gasteiger partial charge in [-0.25, -0.2) is 4.79 Å². The molecule has 0 amide bonds. The van der Waals surface area contributed by atoms with Crippen LogP contribution in [0.5, 0.6) is 0 Å². The van der Waals surface area contributed by atoms with E-state index in [1.807, 2.05) is 19.1 Å². The average Bonchev–Trinajstić information content (AvgIpc) is 2.30. The molecule has 86 valence electrons. The maximum Gasteiger partial charge on any atom is 0.309 e. The number of methoxy groups -OCH3 is 1. The van der Waals surface area contributed by atoms with Gasteiger partial charge in [0.25, 0.3) is 0 Å². The molecule has 0 aliphatic rings. The summed E-state index contributed by atoms with van der Waals surface area (Å²) in [4.78, 5) is 23.6. The molecule has 0 aliphatic carbocycles. The second-order valence-electron chi connectivity index (χ2n) is 2.91. The average molecular weight is 221 g/mol. The number of aryl methyl sites for hydroxylation is 1. The molecule has 4 nitrogen and oxygen atoms in total. The van der Waals surface area contributed by atoms with E-state index in [1.54, 1.807) is 6.20 Å². The van der Waals surface area contributed by atoms with Gasteiger partial charge in [0, 0.05) is 11.9 Å². The van der Waals surface area contributed by atoms with Crippen LogP contribution in [0.2, 0.25) is 0 Å². The van der Waals surface area contributed by atoms with Crippen molar-refractivity contribution in [3.8, 4) is 0 Å². The summed E-state index contributed by atoms with van der Waals surface area (Å²) in [5, 5.41) is 0. The van der Waals surface area contributed by atoms with Gasteiger partial charge in [-0.1, -0.05) is 6.92 Å². The highest BCUT2D eigenvalue weighted by atomic mass is 16.5. The van der Waals surface area contributed by atoms with Gasteiger partial charge in [-0.05, 0) is 30.7 Å². The summed E-state index contributed by atoms with van der Waals surface area (Å²) in [6.45, 7) is 4.71. The van der Waals surface area contributed by atoms with Gasteiger partial charge in [0.05, 0.1) is 13.5 Å². The molecule has 0 radical (unpaired) electrons. The maximum absolute atomic E-state index is 10.9. The summed E-state index contributed by atoms with van der Waals surface area (Å²) in [7, 11) is 1.39. The highest BCUT2D eigenvalue weighted by molar-refractivity contribution is 5.72. The molecular formula is C12H15NO3. The quantitative estimate of drug-likeness (QED) is 0.571. The van der Waals surface area contributed by atoms with Crippen molar-refractivity contribution in [1.29, 1.82) is 0 Å². The fourth-order valence-electron chi connectivity index (χ4n) is 1.07. The molecule has 0 saturated heterocycles.